The maximum absolute atomic E-state index is 13.2. The molecule has 0 atom stereocenters. The fourth-order valence-electron chi connectivity index (χ4n) is 4.61. The zero-order valence-electron chi connectivity index (χ0n) is 15.3. The number of nitrogens with zero attached hydrogens (tertiary/aromatic N) is 3. The van der Waals surface area contributed by atoms with Gasteiger partial charge in [-0.3, -0.25) is 0 Å². The van der Waals surface area contributed by atoms with E-state index in [9.17, 15) is 4.79 Å². The first-order valence-electron chi connectivity index (χ1n) is 9.41. The second kappa shape index (κ2) is 5.98. The van der Waals surface area contributed by atoms with Gasteiger partial charge in [0.05, 0.1) is 22.6 Å². The summed E-state index contributed by atoms with van der Waals surface area (Å²) >= 11 is 0. The van der Waals surface area contributed by atoms with Crippen molar-refractivity contribution in [3.63, 3.8) is 0 Å². The second-order valence-electron chi connectivity index (χ2n) is 7.63. The van der Waals surface area contributed by atoms with Crippen molar-refractivity contribution < 1.29 is 4.79 Å². The van der Waals surface area contributed by atoms with Gasteiger partial charge < -0.3 is 10.2 Å². The van der Waals surface area contributed by atoms with Crippen molar-refractivity contribution in [3.8, 4) is 5.69 Å². The maximum Gasteiger partial charge on any atom is 0.322 e. The maximum atomic E-state index is 13.2. The third-order valence-corrected chi connectivity index (χ3v) is 5.88. The van der Waals surface area contributed by atoms with Crippen molar-refractivity contribution in [1.29, 1.82) is 0 Å². The van der Waals surface area contributed by atoms with E-state index in [0.717, 1.165) is 36.5 Å². The number of urea groups is 1. The molecule has 0 radical (unpaired) electrons. The van der Waals surface area contributed by atoms with E-state index in [0.29, 0.717) is 5.92 Å². The molecule has 2 saturated heterocycles. The van der Waals surface area contributed by atoms with Gasteiger partial charge in [-0.15, -0.1) is 0 Å². The Hall–Kier alpha value is -3.08. The lowest BCUT2D eigenvalue weighted by atomic mass is 9.69. The summed E-state index contributed by atoms with van der Waals surface area (Å²) in [6, 6.07) is 20.1. The van der Waals surface area contributed by atoms with E-state index in [2.05, 4.69) is 34.7 Å². The minimum absolute atomic E-state index is 0.0322. The lowest BCUT2D eigenvalue weighted by molar-refractivity contribution is 0.129. The summed E-state index contributed by atoms with van der Waals surface area (Å²) in [5.41, 5.74) is 3.69. The van der Waals surface area contributed by atoms with Crippen LogP contribution in [0.15, 0.2) is 66.9 Å². The summed E-state index contributed by atoms with van der Waals surface area (Å²) in [4.78, 5) is 15.2. The van der Waals surface area contributed by atoms with Crippen LogP contribution in [0.3, 0.4) is 0 Å². The summed E-state index contributed by atoms with van der Waals surface area (Å²) in [7, 11) is 0. The number of carbonyl (C=O) groups excluding carboxylic acids is 1. The molecule has 1 saturated carbocycles. The van der Waals surface area contributed by atoms with E-state index in [-0.39, 0.29) is 11.6 Å². The Morgan fingerprint density at radius 3 is 2.56 bits per heavy atom. The van der Waals surface area contributed by atoms with Crippen molar-refractivity contribution in [3.05, 3.63) is 78.1 Å². The standard InChI is InChI=1S/C22H22N4O/c1-16-11-12-26(24-16)20-10-6-5-9-19(20)23-21(27)25-15-17-13-22(25,14-17)18-7-3-2-4-8-18/h2-12,17H,13-15H2,1H3,(H,23,27). The molecule has 1 N–H and O–H groups in total. The van der Waals surface area contributed by atoms with Gasteiger partial charge in [0.25, 0.3) is 0 Å². The predicted octanol–water partition coefficient (Wildman–Crippen LogP) is 4.33. The van der Waals surface area contributed by atoms with E-state index in [1.807, 2.05) is 59.1 Å². The van der Waals surface area contributed by atoms with Gasteiger partial charge in [0.2, 0.25) is 0 Å². The third kappa shape index (κ3) is 2.53. The topological polar surface area (TPSA) is 50.2 Å². The van der Waals surface area contributed by atoms with Crippen LogP contribution in [-0.4, -0.2) is 27.3 Å². The normalized spacial score (nSPS) is 23.1. The minimum Gasteiger partial charge on any atom is -0.314 e. The monoisotopic (exact) mass is 358 g/mol. The average Bonchev–Trinajstić information content (AvgIpc) is 3.36. The smallest absolute Gasteiger partial charge is 0.314 e. The number of hydrogen-bond acceptors (Lipinski definition) is 2. The van der Waals surface area contributed by atoms with E-state index < -0.39 is 0 Å². The Kier molecular flexibility index (Phi) is 3.57. The summed E-state index contributed by atoms with van der Waals surface area (Å²) in [6.45, 7) is 2.78. The van der Waals surface area contributed by atoms with E-state index in [1.54, 1.807) is 0 Å². The quantitative estimate of drug-likeness (QED) is 0.757. The molecule has 2 aliphatic heterocycles. The average molecular weight is 358 g/mol. The second-order valence-corrected chi connectivity index (χ2v) is 7.63. The molecule has 2 bridgehead atoms. The van der Waals surface area contributed by atoms with Crippen LogP contribution in [0.2, 0.25) is 0 Å². The molecule has 3 aliphatic rings. The molecule has 3 aromatic rings. The van der Waals surface area contributed by atoms with Crippen LogP contribution in [-0.2, 0) is 5.54 Å². The number of aromatic nitrogens is 2. The van der Waals surface area contributed by atoms with E-state index in [1.165, 1.54) is 5.56 Å². The van der Waals surface area contributed by atoms with Crippen molar-refractivity contribution in [2.45, 2.75) is 25.3 Å². The van der Waals surface area contributed by atoms with Crippen molar-refractivity contribution >= 4 is 11.7 Å². The molecule has 2 aromatic carbocycles. The molecule has 0 unspecified atom stereocenters. The minimum atomic E-state index is -0.146. The molecule has 1 aliphatic carbocycles. The highest BCUT2D eigenvalue weighted by atomic mass is 16.2. The zero-order chi connectivity index (χ0) is 18.4. The first kappa shape index (κ1) is 16.1. The highest BCUT2D eigenvalue weighted by Gasteiger charge is 2.58. The molecule has 5 heteroatoms. The molecule has 6 rings (SSSR count). The van der Waals surface area contributed by atoms with Crippen LogP contribution < -0.4 is 5.32 Å². The number of nitrogens with one attached hydrogen (secondary N) is 1. The van der Waals surface area contributed by atoms with Crippen LogP contribution in [0.25, 0.3) is 5.69 Å². The zero-order valence-corrected chi connectivity index (χ0v) is 15.3. The fraction of sp³-hybridized carbons (Fsp3) is 0.273. The molecule has 0 spiro atoms. The highest BCUT2D eigenvalue weighted by molar-refractivity contribution is 5.92. The number of anilines is 1. The summed E-state index contributed by atoms with van der Waals surface area (Å²) in [5.74, 6) is 0.611. The number of para-hydroxylation sites is 2. The van der Waals surface area contributed by atoms with Crippen LogP contribution >= 0.6 is 0 Å². The number of benzene rings is 2. The first-order chi connectivity index (χ1) is 13.2. The molecule has 2 amide bonds. The Bertz CT molecular complexity index is 988. The van der Waals surface area contributed by atoms with Gasteiger partial charge in [0.1, 0.15) is 0 Å². The predicted molar refractivity (Wildman–Crippen MR) is 105 cm³/mol. The lowest BCUT2D eigenvalue weighted by Crippen LogP contribution is -2.47. The van der Waals surface area contributed by atoms with Crippen molar-refractivity contribution in [2.75, 3.05) is 11.9 Å². The molecule has 136 valence electrons. The van der Waals surface area contributed by atoms with E-state index in [4.69, 9.17) is 0 Å². The van der Waals surface area contributed by atoms with Gasteiger partial charge in [0, 0.05) is 12.7 Å². The summed E-state index contributed by atoms with van der Waals surface area (Å²) in [6.07, 6.45) is 4.04. The fourth-order valence-corrected chi connectivity index (χ4v) is 4.61. The van der Waals surface area contributed by atoms with Crippen molar-refractivity contribution in [1.82, 2.24) is 14.7 Å². The molecular weight excluding hydrogens is 336 g/mol. The summed E-state index contributed by atoms with van der Waals surface area (Å²) < 4.78 is 1.81. The highest BCUT2D eigenvalue weighted by Crippen LogP contribution is 2.57. The largest absolute Gasteiger partial charge is 0.322 e. The summed E-state index contributed by atoms with van der Waals surface area (Å²) in [5, 5.41) is 7.62. The van der Waals surface area contributed by atoms with Crippen LogP contribution in [0, 0.1) is 12.8 Å². The van der Waals surface area contributed by atoms with Gasteiger partial charge in [-0.2, -0.15) is 5.10 Å². The Balaban J connectivity index is 1.44. The Labute approximate surface area is 158 Å². The number of carbonyl (C=O) groups is 1. The first-order valence-corrected chi connectivity index (χ1v) is 9.41. The molecule has 3 heterocycles. The van der Waals surface area contributed by atoms with Crippen LogP contribution in [0.1, 0.15) is 24.1 Å². The van der Waals surface area contributed by atoms with Gasteiger partial charge >= 0.3 is 6.03 Å². The molecule has 27 heavy (non-hydrogen) atoms. The number of rotatable bonds is 3. The van der Waals surface area contributed by atoms with Crippen LogP contribution in [0.5, 0.6) is 0 Å². The van der Waals surface area contributed by atoms with Gasteiger partial charge in [-0.05, 0) is 49.4 Å². The molecule has 5 nitrogen and oxygen atoms in total. The van der Waals surface area contributed by atoms with Gasteiger partial charge in [-0.1, -0.05) is 42.5 Å². The SMILES string of the molecule is Cc1ccn(-c2ccccc2NC(=O)N2CC3CC2(c2ccccc2)C3)n1. The number of amides is 2. The molecule has 3 fully saturated rings. The number of fused-ring (bicyclic) bond motifs is 1. The third-order valence-electron chi connectivity index (χ3n) is 5.88. The molecule has 1 aromatic heterocycles. The van der Waals surface area contributed by atoms with Gasteiger partial charge in [-0.25, -0.2) is 9.48 Å². The van der Waals surface area contributed by atoms with Crippen LogP contribution in [0.4, 0.5) is 10.5 Å². The lowest BCUT2D eigenvalue weighted by Gasteiger charge is -2.42. The van der Waals surface area contributed by atoms with Gasteiger partial charge in [0.15, 0.2) is 0 Å². The van der Waals surface area contributed by atoms with E-state index >= 15 is 0 Å². The van der Waals surface area contributed by atoms with Crippen molar-refractivity contribution in [2.24, 2.45) is 5.92 Å². The number of hydrogen-bond donors (Lipinski definition) is 1. The number of aryl methyl sites for hydroxylation is 1. The Morgan fingerprint density at radius 2 is 1.81 bits per heavy atom. The molecular formula is C22H22N4O. The Morgan fingerprint density at radius 1 is 1.07 bits per heavy atom.